The van der Waals surface area contributed by atoms with Crippen LogP contribution in [0.2, 0.25) is 0 Å². The minimum absolute atomic E-state index is 1.06. The molecule has 6 fully saturated rings. The van der Waals surface area contributed by atoms with E-state index in [2.05, 4.69) is 11.1 Å². The average Bonchev–Trinajstić information content (AvgIpc) is 2.88. The van der Waals surface area contributed by atoms with Gasteiger partial charge >= 0.3 is 0 Å². The molecule has 0 aliphatic heterocycles. The molecule has 6 bridgehead atoms. The molecule has 0 aromatic carbocycles. The zero-order chi connectivity index (χ0) is 11.0. The molecule has 0 heterocycles. The Kier molecular flexibility index (Phi) is 1.81. The largest absolute Gasteiger partial charge is 0.0642 e. The first-order valence-corrected chi connectivity index (χ1v) is 8.12. The minimum atomic E-state index is 1.06. The molecule has 17 heavy (non-hydrogen) atoms. The molecule has 0 saturated heterocycles. The highest BCUT2D eigenvalue weighted by Gasteiger charge is 2.49. The summed E-state index contributed by atoms with van der Waals surface area (Å²) in [6.45, 7) is 0. The summed E-state index contributed by atoms with van der Waals surface area (Å²) in [6, 6.07) is 0. The van der Waals surface area contributed by atoms with Gasteiger partial charge in [-0.25, -0.2) is 0 Å². The van der Waals surface area contributed by atoms with E-state index in [-0.39, 0.29) is 0 Å². The van der Waals surface area contributed by atoms with E-state index in [9.17, 15) is 0 Å². The van der Waals surface area contributed by atoms with Crippen molar-refractivity contribution in [2.45, 2.75) is 57.8 Å². The molecule has 0 heteroatoms. The molecule has 0 atom stereocenters. The second kappa shape index (κ2) is 3.19. The maximum Gasteiger partial charge on any atom is -0.0192 e. The second-order valence-electron chi connectivity index (χ2n) is 7.76. The molecule has 0 unspecified atom stereocenters. The monoisotopic (exact) mass is 228 g/mol. The fourth-order valence-electron chi connectivity index (χ4n) is 6.68. The van der Waals surface area contributed by atoms with E-state index in [4.69, 9.17) is 0 Å². The topological polar surface area (TPSA) is 0 Å². The molecule has 0 aromatic heterocycles. The van der Waals surface area contributed by atoms with E-state index in [0.29, 0.717) is 0 Å². The first-order valence-electron chi connectivity index (χ1n) is 8.12. The highest BCUT2D eigenvalue weighted by molar-refractivity contribution is 5.33. The Morgan fingerprint density at radius 3 is 1.35 bits per heavy atom. The van der Waals surface area contributed by atoms with Gasteiger partial charge in [0, 0.05) is 0 Å². The molecule has 6 rings (SSSR count). The molecule has 0 radical (unpaired) electrons. The quantitative estimate of drug-likeness (QED) is 0.533. The fourth-order valence-corrected chi connectivity index (χ4v) is 6.68. The molecule has 0 N–H and O–H groups in total. The van der Waals surface area contributed by atoms with Crippen LogP contribution in [0.5, 0.6) is 0 Å². The molecule has 6 aliphatic rings. The van der Waals surface area contributed by atoms with Crippen LogP contribution in [-0.2, 0) is 0 Å². The van der Waals surface area contributed by atoms with Gasteiger partial charge < -0.3 is 0 Å². The van der Waals surface area contributed by atoms with Gasteiger partial charge in [-0.2, -0.15) is 0 Å². The molecule has 92 valence electrons. The molecular formula is C17H24. The maximum absolute atomic E-state index is 2.07. The number of allylic oxidation sites excluding steroid dienone is 2. The molecule has 0 aromatic rings. The van der Waals surface area contributed by atoms with Crippen LogP contribution < -0.4 is 0 Å². The SMILES string of the molecule is C1C2CC3CC1CC(C2)C3=C1C2CCC1CC2. The molecule has 0 amide bonds. The van der Waals surface area contributed by atoms with Gasteiger partial charge in [0.25, 0.3) is 0 Å². The van der Waals surface area contributed by atoms with E-state index in [1.54, 1.807) is 57.8 Å². The van der Waals surface area contributed by atoms with Crippen LogP contribution in [0.15, 0.2) is 11.1 Å². The summed E-state index contributed by atoms with van der Waals surface area (Å²) in [6.07, 6.45) is 14.2. The smallest absolute Gasteiger partial charge is 0.0192 e. The van der Waals surface area contributed by atoms with E-state index >= 15 is 0 Å². The van der Waals surface area contributed by atoms with Crippen molar-refractivity contribution in [2.24, 2.45) is 35.5 Å². The van der Waals surface area contributed by atoms with Gasteiger partial charge in [-0.15, -0.1) is 0 Å². The van der Waals surface area contributed by atoms with E-state index in [0.717, 1.165) is 35.5 Å². The summed E-state index contributed by atoms with van der Waals surface area (Å²) in [5, 5.41) is 0. The van der Waals surface area contributed by atoms with Crippen LogP contribution in [0.25, 0.3) is 0 Å². The molecule has 6 saturated carbocycles. The summed E-state index contributed by atoms with van der Waals surface area (Å²) >= 11 is 0. The number of fused-ring (bicyclic) bond motifs is 2. The lowest BCUT2D eigenvalue weighted by atomic mass is 9.53. The van der Waals surface area contributed by atoms with Crippen molar-refractivity contribution < 1.29 is 0 Å². The van der Waals surface area contributed by atoms with Gasteiger partial charge in [0.2, 0.25) is 0 Å². The Balaban J connectivity index is 1.61. The summed E-state index contributed by atoms with van der Waals surface area (Å²) in [4.78, 5) is 0. The van der Waals surface area contributed by atoms with Crippen LogP contribution >= 0.6 is 0 Å². The van der Waals surface area contributed by atoms with Gasteiger partial charge in [0.15, 0.2) is 0 Å². The van der Waals surface area contributed by atoms with Gasteiger partial charge in [-0.3, -0.25) is 0 Å². The van der Waals surface area contributed by atoms with Gasteiger partial charge in [-0.05, 0) is 93.3 Å². The lowest BCUT2D eigenvalue weighted by molar-refractivity contribution is 0.0674. The number of rotatable bonds is 0. The minimum Gasteiger partial charge on any atom is -0.0642 e. The number of hydrogen-bond acceptors (Lipinski definition) is 0. The predicted octanol–water partition coefficient (Wildman–Crippen LogP) is 4.56. The molecule has 0 nitrogen and oxygen atoms in total. The number of hydrogen-bond donors (Lipinski definition) is 0. The fraction of sp³-hybridized carbons (Fsp3) is 0.882. The molecule has 0 spiro atoms. The third-order valence-corrected chi connectivity index (χ3v) is 6.96. The van der Waals surface area contributed by atoms with Crippen molar-refractivity contribution in [1.29, 1.82) is 0 Å². The average molecular weight is 228 g/mol. The summed E-state index contributed by atoms with van der Waals surface area (Å²) in [5.41, 5.74) is 4.13. The Labute approximate surface area is 105 Å². The first-order chi connectivity index (χ1) is 8.38. The molecular weight excluding hydrogens is 204 g/mol. The van der Waals surface area contributed by atoms with Crippen molar-refractivity contribution in [1.82, 2.24) is 0 Å². The van der Waals surface area contributed by atoms with Crippen molar-refractivity contribution in [3.63, 3.8) is 0 Å². The Morgan fingerprint density at radius 1 is 0.471 bits per heavy atom. The Bertz CT molecular complexity index is 337. The summed E-state index contributed by atoms with van der Waals surface area (Å²) in [5.74, 6) is 6.55. The Morgan fingerprint density at radius 2 is 0.882 bits per heavy atom. The van der Waals surface area contributed by atoms with E-state index in [1.807, 2.05) is 0 Å². The van der Waals surface area contributed by atoms with E-state index in [1.165, 1.54) is 0 Å². The standard InChI is InChI=1S/C17H24/c1-2-13-4-3-12(1)16(13)17-14-6-10-5-11(8-14)9-15(17)7-10/h10-15H,1-9H2. The predicted molar refractivity (Wildman–Crippen MR) is 69.5 cm³/mol. The third-order valence-electron chi connectivity index (χ3n) is 6.96. The maximum atomic E-state index is 2.07. The zero-order valence-electron chi connectivity index (χ0n) is 10.8. The van der Waals surface area contributed by atoms with Crippen LogP contribution in [0, 0.1) is 35.5 Å². The van der Waals surface area contributed by atoms with Crippen molar-refractivity contribution in [3.05, 3.63) is 11.1 Å². The lowest BCUT2D eigenvalue weighted by Gasteiger charge is -2.52. The normalized spacial score (nSPS) is 55.1. The van der Waals surface area contributed by atoms with Crippen molar-refractivity contribution in [2.75, 3.05) is 0 Å². The van der Waals surface area contributed by atoms with E-state index < -0.39 is 0 Å². The van der Waals surface area contributed by atoms with Crippen molar-refractivity contribution in [3.8, 4) is 0 Å². The third kappa shape index (κ3) is 1.20. The lowest BCUT2D eigenvalue weighted by Crippen LogP contribution is -2.41. The van der Waals surface area contributed by atoms with Crippen molar-refractivity contribution >= 4 is 0 Å². The van der Waals surface area contributed by atoms with Gasteiger partial charge in [-0.1, -0.05) is 11.1 Å². The first kappa shape index (κ1) is 9.64. The van der Waals surface area contributed by atoms with Crippen LogP contribution in [0.3, 0.4) is 0 Å². The second-order valence-corrected chi connectivity index (χ2v) is 7.76. The van der Waals surface area contributed by atoms with Crippen LogP contribution in [0.4, 0.5) is 0 Å². The van der Waals surface area contributed by atoms with Crippen LogP contribution in [0.1, 0.15) is 57.8 Å². The Hall–Kier alpha value is -0.260. The summed E-state index contributed by atoms with van der Waals surface area (Å²) in [7, 11) is 0. The highest BCUT2D eigenvalue weighted by Crippen LogP contribution is 2.61. The van der Waals surface area contributed by atoms with Gasteiger partial charge in [0.1, 0.15) is 0 Å². The summed E-state index contributed by atoms with van der Waals surface area (Å²) < 4.78 is 0. The van der Waals surface area contributed by atoms with Gasteiger partial charge in [0.05, 0.1) is 0 Å². The zero-order valence-corrected chi connectivity index (χ0v) is 10.8. The molecule has 6 aliphatic carbocycles. The van der Waals surface area contributed by atoms with Crippen LogP contribution in [-0.4, -0.2) is 0 Å². The highest BCUT2D eigenvalue weighted by atomic mass is 14.5.